The zero-order valence-electron chi connectivity index (χ0n) is 16.6. The largest absolute Gasteiger partial charge is 0.493 e. The second kappa shape index (κ2) is 8.67. The number of ether oxygens (including phenoxy) is 1. The summed E-state index contributed by atoms with van der Waals surface area (Å²) in [6, 6.07) is 6.71. The van der Waals surface area contributed by atoms with Gasteiger partial charge in [0.25, 0.3) is 0 Å². The summed E-state index contributed by atoms with van der Waals surface area (Å²) in [5.41, 5.74) is 1.22. The molecule has 1 aromatic carbocycles. The first-order valence-electron chi connectivity index (χ1n) is 10.2. The molecule has 1 atom stereocenters. The highest BCUT2D eigenvalue weighted by Gasteiger charge is 2.30. The van der Waals surface area contributed by atoms with Gasteiger partial charge in [0.1, 0.15) is 5.75 Å². The highest BCUT2D eigenvalue weighted by molar-refractivity contribution is 5.79. The van der Waals surface area contributed by atoms with Crippen molar-refractivity contribution in [2.75, 3.05) is 39.3 Å². The van der Waals surface area contributed by atoms with Crippen LogP contribution in [0.2, 0.25) is 0 Å². The number of benzene rings is 1. The van der Waals surface area contributed by atoms with Gasteiger partial charge >= 0.3 is 6.18 Å². The molecule has 1 amide bonds. The number of alkyl halides is 3. The molecule has 0 saturated carbocycles. The van der Waals surface area contributed by atoms with Gasteiger partial charge in [-0.2, -0.15) is 18.3 Å². The quantitative estimate of drug-likeness (QED) is 0.745. The standard InChI is InChI=1S/C21H25F3N4O2/c22-21(23,24)16-2-4-18(5-3-16)30-11-7-17-12-19(26-25-17)15-6-10-27(13-15)14-20(29)28-8-1-9-28/h2-5,12,15H,1,6-11,13-14H2,(H,25,26)/t15-/m0/s1. The van der Waals surface area contributed by atoms with Crippen LogP contribution < -0.4 is 4.74 Å². The van der Waals surface area contributed by atoms with E-state index >= 15 is 0 Å². The number of H-pyrrole nitrogens is 1. The molecule has 4 rings (SSSR count). The van der Waals surface area contributed by atoms with Crippen LogP contribution in [0, 0.1) is 0 Å². The van der Waals surface area contributed by atoms with Gasteiger partial charge in [0.05, 0.1) is 24.4 Å². The monoisotopic (exact) mass is 422 g/mol. The number of nitrogens with zero attached hydrogens (tertiary/aromatic N) is 3. The Morgan fingerprint density at radius 1 is 1.20 bits per heavy atom. The van der Waals surface area contributed by atoms with Gasteiger partial charge in [-0.15, -0.1) is 0 Å². The van der Waals surface area contributed by atoms with Gasteiger partial charge in [-0.25, -0.2) is 0 Å². The van der Waals surface area contributed by atoms with Gasteiger partial charge < -0.3 is 9.64 Å². The molecule has 2 saturated heterocycles. The third-order valence-corrected chi connectivity index (χ3v) is 5.73. The molecule has 2 aliphatic heterocycles. The molecule has 0 unspecified atom stereocenters. The average molecular weight is 422 g/mol. The summed E-state index contributed by atoms with van der Waals surface area (Å²) in [6.07, 6.45) is -1.69. The highest BCUT2D eigenvalue weighted by atomic mass is 19.4. The molecule has 162 valence electrons. The lowest BCUT2D eigenvalue weighted by Crippen LogP contribution is -2.46. The second-order valence-electron chi connectivity index (χ2n) is 7.89. The normalized spacial score (nSPS) is 19.7. The fraction of sp³-hybridized carbons (Fsp3) is 0.524. The molecule has 0 bridgehead atoms. The Hall–Kier alpha value is -2.55. The van der Waals surface area contributed by atoms with E-state index in [9.17, 15) is 18.0 Å². The minimum Gasteiger partial charge on any atom is -0.493 e. The van der Waals surface area contributed by atoms with Crippen molar-refractivity contribution in [2.45, 2.75) is 31.4 Å². The van der Waals surface area contributed by atoms with Crippen LogP contribution >= 0.6 is 0 Å². The Kier molecular flexibility index (Phi) is 5.99. The Labute approximate surface area is 173 Å². The van der Waals surface area contributed by atoms with Gasteiger partial charge in [-0.3, -0.25) is 14.8 Å². The van der Waals surface area contributed by atoms with Crippen molar-refractivity contribution in [3.05, 3.63) is 47.3 Å². The lowest BCUT2D eigenvalue weighted by molar-refractivity contribution is -0.137. The van der Waals surface area contributed by atoms with E-state index < -0.39 is 11.7 Å². The summed E-state index contributed by atoms with van der Waals surface area (Å²) in [6.45, 7) is 4.30. The topological polar surface area (TPSA) is 61.5 Å². The van der Waals surface area contributed by atoms with E-state index in [1.165, 1.54) is 12.1 Å². The van der Waals surface area contributed by atoms with E-state index in [-0.39, 0.29) is 5.91 Å². The zero-order chi connectivity index (χ0) is 21.1. The van der Waals surface area contributed by atoms with E-state index in [2.05, 4.69) is 15.1 Å². The summed E-state index contributed by atoms with van der Waals surface area (Å²) in [4.78, 5) is 16.2. The predicted molar refractivity (Wildman–Crippen MR) is 104 cm³/mol. The van der Waals surface area contributed by atoms with Crippen LogP contribution in [0.15, 0.2) is 30.3 Å². The molecule has 2 fully saturated rings. The summed E-state index contributed by atoms with van der Waals surface area (Å²) in [7, 11) is 0. The van der Waals surface area contributed by atoms with Gasteiger partial charge in [-0.1, -0.05) is 0 Å². The van der Waals surface area contributed by atoms with Crippen molar-refractivity contribution in [1.82, 2.24) is 20.0 Å². The van der Waals surface area contributed by atoms with Crippen LogP contribution in [0.25, 0.3) is 0 Å². The van der Waals surface area contributed by atoms with Gasteiger partial charge in [0.2, 0.25) is 5.91 Å². The molecule has 9 heteroatoms. The highest BCUT2D eigenvalue weighted by Crippen LogP contribution is 2.30. The van der Waals surface area contributed by atoms with Crippen molar-refractivity contribution in [1.29, 1.82) is 0 Å². The molecule has 1 N–H and O–H groups in total. The van der Waals surface area contributed by atoms with Gasteiger partial charge in [0, 0.05) is 37.7 Å². The molecule has 0 aliphatic carbocycles. The maximum atomic E-state index is 12.6. The summed E-state index contributed by atoms with van der Waals surface area (Å²) < 4.78 is 43.3. The first-order valence-corrected chi connectivity index (χ1v) is 10.2. The predicted octanol–water partition coefficient (Wildman–Crippen LogP) is 3.07. The fourth-order valence-electron chi connectivity index (χ4n) is 3.81. The molecule has 1 aromatic heterocycles. The molecule has 3 heterocycles. The zero-order valence-corrected chi connectivity index (χ0v) is 16.6. The van der Waals surface area contributed by atoms with E-state index in [1.54, 1.807) is 0 Å². The molecule has 2 aliphatic rings. The lowest BCUT2D eigenvalue weighted by atomic mass is 10.0. The third-order valence-electron chi connectivity index (χ3n) is 5.73. The minimum atomic E-state index is -4.34. The Morgan fingerprint density at radius 2 is 1.97 bits per heavy atom. The van der Waals surface area contributed by atoms with Crippen LogP contribution in [0.5, 0.6) is 5.75 Å². The van der Waals surface area contributed by atoms with Crippen molar-refractivity contribution < 1.29 is 22.7 Å². The molecular weight excluding hydrogens is 397 g/mol. The van der Waals surface area contributed by atoms with Crippen molar-refractivity contribution in [2.24, 2.45) is 0 Å². The lowest BCUT2D eigenvalue weighted by Gasteiger charge is -2.32. The van der Waals surface area contributed by atoms with Crippen LogP contribution in [0.1, 0.15) is 35.7 Å². The minimum absolute atomic E-state index is 0.213. The molecule has 0 radical (unpaired) electrons. The fourth-order valence-corrected chi connectivity index (χ4v) is 3.81. The van der Waals surface area contributed by atoms with Crippen molar-refractivity contribution in [3.63, 3.8) is 0 Å². The molecule has 6 nitrogen and oxygen atoms in total. The Morgan fingerprint density at radius 3 is 2.63 bits per heavy atom. The number of carbonyl (C=O) groups excluding carboxylic acids is 1. The molecule has 2 aromatic rings. The third kappa shape index (κ3) is 4.95. The average Bonchev–Trinajstić information content (AvgIpc) is 3.29. The first-order chi connectivity index (χ1) is 14.4. The number of halogens is 3. The maximum Gasteiger partial charge on any atom is 0.416 e. The maximum absolute atomic E-state index is 12.6. The number of likely N-dealkylation sites (tertiary alicyclic amines) is 2. The Bertz CT molecular complexity index is 862. The van der Waals surface area contributed by atoms with Crippen LogP contribution in [-0.4, -0.2) is 65.2 Å². The second-order valence-corrected chi connectivity index (χ2v) is 7.89. The number of amides is 1. The smallest absolute Gasteiger partial charge is 0.416 e. The number of nitrogens with one attached hydrogen (secondary N) is 1. The van der Waals surface area contributed by atoms with Crippen molar-refractivity contribution >= 4 is 5.91 Å². The molecule has 0 spiro atoms. The summed E-state index contributed by atoms with van der Waals surface area (Å²) in [5, 5.41) is 7.43. The number of aromatic nitrogens is 2. The number of hydrogen-bond acceptors (Lipinski definition) is 4. The van der Waals surface area contributed by atoms with E-state index in [0.717, 1.165) is 62.5 Å². The van der Waals surface area contributed by atoms with Gasteiger partial charge in [0.15, 0.2) is 0 Å². The van der Waals surface area contributed by atoms with E-state index in [1.807, 2.05) is 11.0 Å². The van der Waals surface area contributed by atoms with E-state index in [4.69, 9.17) is 4.74 Å². The number of carbonyl (C=O) groups is 1. The number of rotatable bonds is 7. The summed E-state index contributed by atoms with van der Waals surface area (Å²) in [5.74, 6) is 0.918. The van der Waals surface area contributed by atoms with Crippen LogP contribution in [0.3, 0.4) is 0 Å². The van der Waals surface area contributed by atoms with Crippen LogP contribution in [0.4, 0.5) is 13.2 Å². The first kappa shape index (κ1) is 20.7. The molecule has 30 heavy (non-hydrogen) atoms. The Balaban J connectivity index is 1.22. The SMILES string of the molecule is O=C(CN1CC[C@H](c2cc(CCOc3ccc(C(F)(F)F)cc3)[nH]n2)C1)N1CCC1. The molecular formula is C21H25F3N4O2. The van der Waals surface area contributed by atoms with E-state index in [0.29, 0.717) is 31.2 Å². The van der Waals surface area contributed by atoms with Crippen molar-refractivity contribution in [3.8, 4) is 5.75 Å². The van der Waals surface area contributed by atoms with Gasteiger partial charge in [-0.05, 0) is 49.7 Å². The number of aromatic amines is 1. The number of hydrogen-bond donors (Lipinski definition) is 1. The van der Waals surface area contributed by atoms with Crippen LogP contribution in [-0.2, 0) is 17.4 Å². The summed E-state index contributed by atoms with van der Waals surface area (Å²) >= 11 is 0.